The number of carbonyl (C=O) groups is 1. The van der Waals surface area contributed by atoms with Gasteiger partial charge in [0.1, 0.15) is 11.3 Å². The second-order valence-corrected chi connectivity index (χ2v) is 9.77. The minimum Gasteiger partial charge on any atom is -0.383 e. The molecule has 0 atom stereocenters. The molecule has 0 unspecified atom stereocenters. The van der Waals surface area contributed by atoms with Crippen molar-refractivity contribution in [3.8, 4) is 11.1 Å². The molecule has 1 aliphatic heterocycles. The van der Waals surface area contributed by atoms with E-state index in [1.807, 2.05) is 12.1 Å². The van der Waals surface area contributed by atoms with Gasteiger partial charge in [-0.1, -0.05) is 18.7 Å². The minimum absolute atomic E-state index is 0.187. The number of halogens is 1. The van der Waals surface area contributed by atoms with E-state index in [0.29, 0.717) is 34.5 Å². The van der Waals surface area contributed by atoms with Crippen molar-refractivity contribution < 1.29 is 13.9 Å². The van der Waals surface area contributed by atoms with Crippen molar-refractivity contribution >= 4 is 40.0 Å². The first-order valence-corrected chi connectivity index (χ1v) is 13.3. The number of rotatable bonds is 9. The Labute approximate surface area is 237 Å². The Hall–Kier alpha value is -4.61. The number of nitrogens with zero attached hydrogens (tertiary/aromatic N) is 5. The zero-order valence-corrected chi connectivity index (χ0v) is 23.1. The maximum Gasteiger partial charge on any atom is 0.251 e. The number of fused-ring (bicyclic) bond motifs is 1. The molecule has 0 saturated carbocycles. The van der Waals surface area contributed by atoms with Crippen LogP contribution in [0, 0.1) is 5.82 Å². The van der Waals surface area contributed by atoms with Crippen LogP contribution in [0.4, 0.5) is 27.4 Å². The summed E-state index contributed by atoms with van der Waals surface area (Å²) in [5.74, 6) is -0.576. The fourth-order valence-corrected chi connectivity index (χ4v) is 4.84. The van der Waals surface area contributed by atoms with Gasteiger partial charge in [-0.3, -0.25) is 14.5 Å². The molecule has 212 valence electrons. The molecule has 1 aliphatic rings. The topological polar surface area (TPSA) is 105 Å². The highest BCUT2D eigenvalue weighted by Crippen LogP contribution is 2.30. The highest BCUT2D eigenvalue weighted by molar-refractivity contribution is 6.00. The number of amides is 1. The summed E-state index contributed by atoms with van der Waals surface area (Å²) in [7, 11) is 3.34. The Morgan fingerprint density at radius 1 is 1.15 bits per heavy atom. The van der Waals surface area contributed by atoms with E-state index in [4.69, 9.17) is 4.74 Å². The summed E-state index contributed by atoms with van der Waals surface area (Å²) in [5, 5.41) is 5.72. The Balaban J connectivity index is 1.41. The van der Waals surface area contributed by atoms with Crippen LogP contribution in [0.2, 0.25) is 0 Å². The molecule has 4 aromatic rings. The van der Waals surface area contributed by atoms with Gasteiger partial charge in [-0.2, -0.15) is 0 Å². The average molecular weight is 558 g/mol. The normalized spacial score (nSPS) is 13.8. The lowest BCUT2D eigenvalue weighted by molar-refractivity contribution is -0.111. The van der Waals surface area contributed by atoms with Crippen LogP contribution in [0.25, 0.3) is 22.2 Å². The Morgan fingerprint density at radius 2 is 1.95 bits per heavy atom. The van der Waals surface area contributed by atoms with E-state index in [0.717, 1.165) is 38.4 Å². The van der Waals surface area contributed by atoms with Gasteiger partial charge in [-0.15, -0.1) is 0 Å². The van der Waals surface area contributed by atoms with Crippen LogP contribution >= 0.6 is 0 Å². The lowest BCUT2D eigenvalue weighted by Gasteiger charge is -2.36. The number of hydrogen-bond donors (Lipinski definition) is 2. The van der Waals surface area contributed by atoms with Crippen molar-refractivity contribution in [2.45, 2.75) is 0 Å². The molecule has 1 fully saturated rings. The molecule has 0 aliphatic carbocycles. The van der Waals surface area contributed by atoms with Crippen molar-refractivity contribution in [3.63, 3.8) is 0 Å². The summed E-state index contributed by atoms with van der Waals surface area (Å²) in [4.78, 5) is 38.0. The number of aromatic nitrogens is 3. The Morgan fingerprint density at radius 3 is 2.68 bits per heavy atom. The van der Waals surface area contributed by atoms with E-state index in [-0.39, 0.29) is 23.1 Å². The molecule has 2 aromatic carbocycles. The molecule has 41 heavy (non-hydrogen) atoms. The minimum atomic E-state index is -0.417. The monoisotopic (exact) mass is 557 g/mol. The molecule has 1 saturated heterocycles. The van der Waals surface area contributed by atoms with Crippen molar-refractivity contribution in [2.24, 2.45) is 7.05 Å². The van der Waals surface area contributed by atoms with Crippen molar-refractivity contribution in [1.29, 1.82) is 0 Å². The third-order valence-corrected chi connectivity index (χ3v) is 7.16. The maximum atomic E-state index is 15.2. The SMILES string of the molecule is C=CC(=O)Nc1cccc(-c2cc(=O)n(C)c3cnc(Nc4ccc(N5CCN(CCOC)CC5)cc4F)nc23)c1. The van der Waals surface area contributed by atoms with E-state index in [1.54, 1.807) is 38.4 Å². The molecule has 2 aromatic heterocycles. The lowest BCUT2D eigenvalue weighted by atomic mass is 10.0. The summed E-state index contributed by atoms with van der Waals surface area (Å²) in [6, 6.07) is 13.7. The average Bonchev–Trinajstić information content (AvgIpc) is 2.99. The van der Waals surface area contributed by atoms with E-state index in [2.05, 4.69) is 37.0 Å². The van der Waals surface area contributed by atoms with Gasteiger partial charge in [0, 0.05) is 69.9 Å². The zero-order chi connectivity index (χ0) is 28.9. The molecule has 10 nitrogen and oxygen atoms in total. The van der Waals surface area contributed by atoms with Crippen LogP contribution in [0.15, 0.2) is 72.2 Å². The number of nitrogens with one attached hydrogen (secondary N) is 2. The highest BCUT2D eigenvalue weighted by Gasteiger charge is 2.19. The van der Waals surface area contributed by atoms with Crippen LogP contribution in [0.3, 0.4) is 0 Å². The van der Waals surface area contributed by atoms with Gasteiger partial charge in [0.15, 0.2) is 0 Å². The Bertz CT molecular complexity index is 1650. The van der Waals surface area contributed by atoms with Crippen molar-refractivity contribution in [1.82, 2.24) is 19.4 Å². The third-order valence-electron chi connectivity index (χ3n) is 7.16. The summed E-state index contributed by atoms with van der Waals surface area (Å²) >= 11 is 0. The van der Waals surface area contributed by atoms with Crippen LogP contribution < -0.4 is 21.1 Å². The van der Waals surface area contributed by atoms with Crippen LogP contribution in [0.5, 0.6) is 0 Å². The predicted molar refractivity (Wildman–Crippen MR) is 159 cm³/mol. The van der Waals surface area contributed by atoms with Crippen molar-refractivity contribution in [3.05, 3.63) is 83.6 Å². The van der Waals surface area contributed by atoms with Gasteiger partial charge in [-0.05, 0) is 42.0 Å². The number of benzene rings is 2. The van der Waals surface area contributed by atoms with E-state index in [9.17, 15) is 9.59 Å². The zero-order valence-electron chi connectivity index (χ0n) is 23.1. The number of methoxy groups -OCH3 is 1. The third kappa shape index (κ3) is 6.26. The molecular formula is C30H32FN7O3. The van der Waals surface area contributed by atoms with Crippen LogP contribution in [0.1, 0.15) is 0 Å². The smallest absolute Gasteiger partial charge is 0.251 e. The second-order valence-electron chi connectivity index (χ2n) is 9.77. The number of anilines is 4. The number of aryl methyl sites for hydroxylation is 1. The number of piperazine rings is 1. The van der Waals surface area contributed by atoms with Gasteiger partial charge in [0.2, 0.25) is 11.9 Å². The van der Waals surface area contributed by atoms with Gasteiger partial charge in [0.25, 0.3) is 5.56 Å². The second kappa shape index (κ2) is 12.3. The van der Waals surface area contributed by atoms with Crippen LogP contribution in [-0.2, 0) is 16.6 Å². The largest absolute Gasteiger partial charge is 0.383 e. The van der Waals surface area contributed by atoms with Crippen molar-refractivity contribution in [2.75, 3.05) is 62.0 Å². The Kier molecular flexibility index (Phi) is 8.37. The predicted octanol–water partition coefficient (Wildman–Crippen LogP) is 3.77. The van der Waals surface area contributed by atoms with E-state index in [1.165, 1.54) is 29.0 Å². The molecular weight excluding hydrogens is 525 g/mol. The molecule has 3 heterocycles. The summed E-state index contributed by atoms with van der Waals surface area (Å²) in [5.41, 5.74) is 3.62. The molecule has 0 spiro atoms. The molecule has 2 N–H and O–H groups in total. The van der Waals surface area contributed by atoms with E-state index < -0.39 is 5.82 Å². The van der Waals surface area contributed by atoms with Gasteiger partial charge in [0.05, 0.1) is 24.0 Å². The molecule has 0 bridgehead atoms. The first kappa shape index (κ1) is 27.9. The number of hydrogen-bond acceptors (Lipinski definition) is 8. The fourth-order valence-electron chi connectivity index (χ4n) is 4.84. The summed E-state index contributed by atoms with van der Waals surface area (Å²) < 4.78 is 21.8. The molecule has 11 heteroatoms. The van der Waals surface area contributed by atoms with Crippen LogP contribution in [-0.4, -0.2) is 71.8 Å². The summed E-state index contributed by atoms with van der Waals surface area (Å²) in [6.45, 7) is 8.47. The fraction of sp³-hybridized carbons (Fsp3) is 0.267. The molecule has 0 radical (unpaired) electrons. The molecule has 1 amide bonds. The van der Waals surface area contributed by atoms with Gasteiger partial charge < -0.3 is 24.8 Å². The highest BCUT2D eigenvalue weighted by atomic mass is 19.1. The quantitative estimate of drug-likeness (QED) is 0.300. The number of ether oxygens (including phenoxy) is 1. The number of pyridine rings is 1. The van der Waals surface area contributed by atoms with Gasteiger partial charge >= 0.3 is 0 Å². The van der Waals surface area contributed by atoms with Gasteiger partial charge in [-0.25, -0.2) is 14.4 Å². The number of carbonyl (C=O) groups excluding carboxylic acids is 1. The molecule has 5 rings (SSSR count). The summed E-state index contributed by atoms with van der Waals surface area (Å²) in [6.07, 6.45) is 2.72. The van der Waals surface area contributed by atoms with E-state index >= 15 is 4.39 Å². The first-order chi connectivity index (χ1) is 19.9. The lowest BCUT2D eigenvalue weighted by Crippen LogP contribution is -2.47. The first-order valence-electron chi connectivity index (χ1n) is 13.3. The maximum absolute atomic E-state index is 15.2. The standard InChI is InChI=1S/C30H32FN7O3/c1-4-27(39)33-21-7-5-6-20(16-21)23-18-28(40)36(2)26-19-32-30(35-29(23)26)34-25-9-8-22(17-24(25)31)38-12-10-37(11-13-38)14-15-41-3/h4-9,16-19H,1,10-15H2,2-3H3,(H,33,39)(H,32,34,35).